The fraction of sp³-hybridized carbons (Fsp3) is 0.348. The molecule has 0 bridgehead atoms. The van der Waals surface area contributed by atoms with Crippen LogP contribution in [0.4, 0.5) is 24.7 Å². The van der Waals surface area contributed by atoms with Gasteiger partial charge in [0.25, 0.3) is 11.8 Å². The molecule has 4 aromatic heterocycles. The molecule has 0 aliphatic heterocycles. The van der Waals surface area contributed by atoms with E-state index in [0.717, 1.165) is 6.07 Å². The number of alkyl halides is 3. The lowest BCUT2D eigenvalue weighted by atomic mass is 10.0. The summed E-state index contributed by atoms with van der Waals surface area (Å²) in [4.78, 5) is 39.7. The molecule has 1 unspecified atom stereocenters. The molecule has 39 heavy (non-hydrogen) atoms. The predicted octanol–water partition coefficient (Wildman–Crippen LogP) is 4.61. The Bertz CT molecular complexity index is 1620. The van der Waals surface area contributed by atoms with Crippen LogP contribution in [0.5, 0.6) is 0 Å². The number of nitrogens with zero attached hydrogens (tertiary/aromatic N) is 6. The molecular weight excluding hydrogens is 541 g/mol. The summed E-state index contributed by atoms with van der Waals surface area (Å²) in [5.74, 6) is -2.13. The second kappa shape index (κ2) is 10.1. The molecule has 0 saturated heterocycles. The van der Waals surface area contributed by atoms with Gasteiger partial charge in [-0.25, -0.2) is 4.98 Å². The summed E-state index contributed by atoms with van der Waals surface area (Å²) in [6, 6.07) is 1.02. The van der Waals surface area contributed by atoms with E-state index in [9.17, 15) is 32.9 Å². The van der Waals surface area contributed by atoms with E-state index in [1.54, 1.807) is 31.6 Å². The first-order chi connectivity index (χ1) is 18.3. The fourth-order valence-corrected chi connectivity index (χ4v) is 5.25. The summed E-state index contributed by atoms with van der Waals surface area (Å²) < 4.78 is 44.1. The van der Waals surface area contributed by atoms with E-state index in [0.29, 0.717) is 34.8 Å². The third kappa shape index (κ3) is 5.06. The highest BCUT2D eigenvalue weighted by molar-refractivity contribution is 7.21. The molecule has 0 aliphatic rings. The Hall–Kier alpha value is -4.34. The van der Waals surface area contributed by atoms with Crippen molar-refractivity contribution in [3.05, 3.63) is 50.4 Å². The molecule has 4 aromatic rings. The minimum absolute atomic E-state index is 0.0579. The summed E-state index contributed by atoms with van der Waals surface area (Å²) in [6.07, 6.45) is -3.07. The van der Waals surface area contributed by atoms with Crippen molar-refractivity contribution in [3.63, 3.8) is 0 Å². The minimum Gasteiger partial charge on any atom is -0.365 e. The summed E-state index contributed by atoms with van der Waals surface area (Å²) in [5.41, 5.74) is 5.45. The van der Waals surface area contributed by atoms with Crippen molar-refractivity contribution >= 4 is 44.9 Å². The number of anilines is 1. The van der Waals surface area contributed by atoms with Crippen LogP contribution in [0.2, 0.25) is 0 Å². The Morgan fingerprint density at radius 1 is 1.21 bits per heavy atom. The van der Waals surface area contributed by atoms with Crippen molar-refractivity contribution in [2.75, 3.05) is 5.32 Å². The average molecular weight is 565 g/mol. The lowest BCUT2D eigenvalue weighted by Crippen LogP contribution is -2.28. The van der Waals surface area contributed by atoms with E-state index in [1.807, 2.05) is 6.92 Å². The minimum atomic E-state index is -4.79. The predicted molar refractivity (Wildman–Crippen MR) is 136 cm³/mol. The molecule has 3 N–H and O–H groups in total. The van der Waals surface area contributed by atoms with Gasteiger partial charge in [0.1, 0.15) is 15.4 Å². The van der Waals surface area contributed by atoms with Crippen molar-refractivity contribution in [2.24, 2.45) is 5.73 Å². The number of aromatic nitrogens is 5. The van der Waals surface area contributed by atoms with E-state index in [2.05, 4.69) is 20.5 Å². The van der Waals surface area contributed by atoms with Gasteiger partial charge in [0, 0.05) is 23.7 Å². The van der Waals surface area contributed by atoms with Crippen LogP contribution < -0.4 is 11.1 Å². The summed E-state index contributed by atoms with van der Waals surface area (Å²) in [5, 5.41) is 22.1. The van der Waals surface area contributed by atoms with Gasteiger partial charge in [-0.1, -0.05) is 6.92 Å². The Balaban J connectivity index is 1.94. The number of carbonyl (C=O) groups is 2. The fourth-order valence-electron chi connectivity index (χ4n) is 4.24. The molecule has 2 amide bonds. The van der Waals surface area contributed by atoms with E-state index in [-0.39, 0.29) is 32.8 Å². The van der Waals surface area contributed by atoms with Crippen LogP contribution in [0.25, 0.3) is 21.3 Å². The number of aryl methyl sites for hydroxylation is 3. The standard InChI is InChI=1S/C23H23F3N8O4S/c1-5-14(33-10(3)7-16(31-33)34(37)38)21(36)29-18-17-12(13-9-32(6-2)30-11(13)4)8-15(23(24,25)26)28-22(17)39-19(18)20(27)35/h7-9,14H,5-6H2,1-4H3,(H2,27,35)(H,29,36). The first kappa shape index (κ1) is 27.7. The molecule has 4 rings (SSSR count). The van der Waals surface area contributed by atoms with Crippen LogP contribution in [-0.4, -0.2) is 41.3 Å². The normalized spacial score (nSPS) is 12.6. The van der Waals surface area contributed by atoms with Crippen molar-refractivity contribution in [3.8, 4) is 11.1 Å². The van der Waals surface area contributed by atoms with Crippen molar-refractivity contribution in [1.82, 2.24) is 24.5 Å². The van der Waals surface area contributed by atoms with Gasteiger partial charge in [0.2, 0.25) is 0 Å². The van der Waals surface area contributed by atoms with Crippen molar-refractivity contribution < 1.29 is 27.7 Å². The van der Waals surface area contributed by atoms with Gasteiger partial charge in [-0.3, -0.25) is 14.3 Å². The molecule has 0 aliphatic carbocycles. The molecule has 16 heteroatoms. The lowest BCUT2D eigenvalue weighted by Gasteiger charge is -2.16. The van der Waals surface area contributed by atoms with E-state index < -0.39 is 40.5 Å². The number of thiophene rings is 1. The number of amides is 2. The lowest BCUT2D eigenvalue weighted by molar-refractivity contribution is -0.389. The van der Waals surface area contributed by atoms with Crippen LogP contribution in [0.15, 0.2) is 18.3 Å². The van der Waals surface area contributed by atoms with E-state index >= 15 is 0 Å². The SMILES string of the molecule is CCC(C(=O)Nc1c(C(N)=O)sc2nc(C(F)(F)F)cc(-c3cn(CC)nc3C)c12)n1nc([N+](=O)[O-])cc1C. The Labute approximate surface area is 222 Å². The van der Waals surface area contributed by atoms with E-state index in [4.69, 9.17) is 5.73 Å². The summed E-state index contributed by atoms with van der Waals surface area (Å²) in [6.45, 7) is 7.09. The molecule has 0 fully saturated rings. The topological polar surface area (TPSA) is 164 Å². The van der Waals surface area contributed by atoms with Crippen molar-refractivity contribution in [2.45, 2.75) is 52.9 Å². The third-order valence-corrected chi connectivity index (χ3v) is 7.16. The highest BCUT2D eigenvalue weighted by atomic mass is 32.1. The molecule has 0 radical (unpaired) electrons. The number of pyridine rings is 1. The van der Waals surface area contributed by atoms with Crippen LogP contribution in [-0.2, 0) is 17.5 Å². The molecule has 0 aromatic carbocycles. The van der Waals surface area contributed by atoms with Crippen LogP contribution in [0, 0.1) is 24.0 Å². The largest absolute Gasteiger partial charge is 0.433 e. The number of nitrogens with two attached hydrogens (primary N) is 1. The van der Waals surface area contributed by atoms with Gasteiger partial charge in [0.15, 0.2) is 6.04 Å². The molecule has 12 nitrogen and oxygen atoms in total. The smallest absolute Gasteiger partial charge is 0.365 e. The average Bonchev–Trinajstić information content (AvgIpc) is 3.54. The maximum Gasteiger partial charge on any atom is 0.433 e. The van der Waals surface area contributed by atoms with Crippen molar-refractivity contribution in [1.29, 1.82) is 0 Å². The Morgan fingerprint density at radius 2 is 1.90 bits per heavy atom. The number of fused-ring (bicyclic) bond motifs is 1. The molecule has 0 saturated carbocycles. The molecule has 1 atom stereocenters. The van der Waals surface area contributed by atoms with Gasteiger partial charge < -0.3 is 21.2 Å². The number of nitrogens with one attached hydrogen (secondary N) is 1. The maximum atomic E-state index is 13.8. The molecular formula is C23H23F3N8O4S. The zero-order valence-corrected chi connectivity index (χ0v) is 22.0. The van der Waals surface area contributed by atoms with Gasteiger partial charge in [-0.15, -0.1) is 11.3 Å². The molecule has 4 heterocycles. The highest BCUT2D eigenvalue weighted by Gasteiger charge is 2.36. The number of primary amides is 1. The second-order valence-corrected chi connectivity index (χ2v) is 9.65. The number of hydrogen-bond donors (Lipinski definition) is 2. The van der Waals surface area contributed by atoms with Crippen LogP contribution in [0.1, 0.15) is 53.1 Å². The zero-order valence-electron chi connectivity index (χ0n) is 21.2. The first-order valence-electron chi connectivity index (χ1n) is 11.7. The third-order valence-electron chi connectivity index (χ3n) is 6.07. The van der Waals surface area contributed by atoms with Gasteiger partial charge >= 0.3 is 12.0 Å². The number of hydrogen-bond acceptors (Lipinski definition) is 8. The first-order valence-corrected chi connectivity index (χ1v) is 12.5. The van der Waals surface area contributed by atoms with Crippen LogP contribution >= 0.6 is 11.3 Å². The number of halogens is 3. The molecule has 206 valence electrons. The molecule has 0 spiro atoms. The number of nitro groups is 1. The van der Waals surface area contributed by atoms with Crippen LogP contribution in [0.3, 0.4) is 0 Å². The number of rotatable bonds is 8. The number of carbonyl (C=O) groups excluding carboxylic acids is 2. The highest BCUT2D eigenvalue weighted by Crippen LogP contribution is 2.44. The van der Waals surface area contributed by atoms with Gasteiger partial charge in [-0.05, 0) is 43.7 Å². The monoisotopic (exact) mass is 564 g/mol. The summed E-state index contributed by atoms with van der Waals surface area (Å²) >= 11 is 0.618. The zero-order chi connectivity index (χ0) is 28.8. The quantitative estimate of drug-likeness (QED) is 0.233. The summed E-state index contributed by atoms with van der Waals surface area (Å²) in [7, 11) is 0. The van der Waals surface area contributed by atoms with Gasteiger partial charge in [0.05, 0.1) is 28.2 Å². The second-order valence-electron chi connectivity index (χ2n) is 8.65. The maximum absolute atomic E-state index is 13.8. The van der Waals surface area contributed by atoms with Gasteiger partial charge in [-0.2, -0.15) is 23.0 Å². The van der Waals surface area contributed by atoms with E-state index in [1.165, 1.54) is 10.7 Å². The Morgan fingerprint density at radius 3 is 2.41 bits per heavy atom. The Kier molecular flexibility index (Phi) is 7.16.